The average Bonchev–Trinajstić information content (AvgIpc) is 2.75. The maximum atomic E-state index is 12.0. The van der Waals surface area contributed by atoms with E-state index in [0.29, 0.717) is 17.1 Å². The zero-order valence-electron chi connectivity index (χ0n) is 9.04. The molecule has 0 aliphatic rings. The molecule has 1 aromatic carbocycles. The summed E-state index contributed by atoms with van der Waals surface area (Å²) < 4.78 is 1.78. The monoisotopic (exact) mass is 407 g/mol. The molecule has 18 heavy (non-hydrogen) atoms. The highest BCUT2D eigenvalue weighted by molar-refractivity contribution is 9.11. The predicted octanol–water partition coefficient (Wildman–Crippen LogP) is 4.86. The molecule has 1 amide bonds. The van der Waals surface area contributed by atoms with Crippen molar-refractivity contribution in [3.63, 3.8) is 0 Å². The van der Waals surface area contributed by atoms with Gasteiger partial charge in [0.2, 0.25) is 0 Å². The second-order valence-electron chi connectivity index (χ2n) is 3.51. The minimum Gasteiger partial charge on any atom is -0.347 e. The summed E-state index contributed by atoms with van der Waals surface area (Å²) in [5.41, 5.74) is 0.540. The van der Waals surface area contributed by atoms with Crippen molar-refractivity contribution in [3.05, 3.63) is 54.1 Å². The molecule has 0 spiro atoms. The van der Waals surface area contributed by atoms with E-state index in [0.717, 1.165) is 13.1 Å². The third-order valence-electron chi connectivity index (χ3n) is 2.23. The van der Waals surface area contributed by atoms with E-state index < -0.39 is 0 Å². The Labute approximate surface area is 131 Å². The number of carbonyl (C=O) groups excluding carboxylic acids is 1. The average molecular weight is 410 g/mol. The lowest BCUT2D eigenvalue weighted by atomic mass is 10.2. The Morgan fingerprint density at radius 1 is 1.28 bits per heavy atom. The number of benzene rings is 1. The minimum atomic E-state index is -0.145. The van der Waals surface area contributed by atoms with Crippen molar-refractivity contribution >= 4 is 60.7 Å². The van der Waals surface area contributed by atoms with Gasteiger partial charge in [0.15, 0.2) is 0 Å². The Morgan fingerprint density at radius 3 is 2.72 bits per heavy atom. The van der Waals surface area contributed by atoms with Crippen LogP contribution in [0.2, 0.25) is 5.02 Å². The summed E-state index contributed by atoms with van der Waals surface area (Å²) in [5, 5.41) is 3.40. The molecule has 0 fully saturated rings. The van der Waals surface area contributed by atoms with E-state index in [-0.39, 0.29) is 5.91 Å². The van der Waals surface area contributed by atoms with Crippen molar-refractivity contribution in [2.75, 3.05) is 0 Å². The smallest absolute Gasteiger partial charge is 0.252 e. The maximum Gasteiger partial charge on any atom is 0.252 e. The van der Waals surface area contributed by atoms with Crippen LogP contribution in [0.4, 0.5) is 0 Å². The van der Waals surface area contributed by atoms with Crippen molar-refractivity contribution < 1.29 is 4.79 Å². The summed E-state index contributed by atoms with van der Waals surface area (Å²) in [7, 11) is 0. The summed E-state index contributed by atoms with van der Waals surface area (Å²) in [6.45, 7) is 0.508. The van der Waals surface area contributed by atoms with Gasteiger partial charge in [0.25, 0.3) is 5.91 Å². The van der Waals surface area contributed by atoms with E-state index in [1.165, 1.54) is 0 Å². The third kappa shape index (κ3) is 3.57. The summed E-state index contributed by atoms with van der Waals surface area (Å²) in [6.07, 6.45) is 0. The lowest BCUT2D eigenvalue weighted by Gasteiger charge is -2.06. The molecule has 0 atom stereocenters. The van der Waals surface area contributed by atoms with Gasteiger partial charge in [-0.2, -0.15) is 0 Å². The van der Waals surface area contributed by atoms with Crippen LogP contribution >= 0.6 is 54.8 Å². The molecule has 2 aromatic rings. The van der Waals surface area contributed by atoms with Crippen LogP contribution in [-0.4, -0.2) is 5.91 Å². The number of rotatable bonds is 3. The van der Waals surface area contributed by atoms with Crippen molar-refractivity contribution in [1.29, 1.82) is 0 Å². The highest BCUT2D eigenvalue weighted by Crippen LogP contribution is 2.23. The predicted molar refractivity (Wildman–Crippen MR) is 82.3 cm³/mol. The second kappa shape index (κ2) is 6.19. The molecule has 0 aliphatic carbocycles. The fourth-order valence-electron chi connectivity index (χ4n) is 1.38. The molecule has 0 aliphatic heterocycles. The second-order valence-corrected chi connectivity index (χ2v) is 7.35. The molecular formula is C12H8Br2ClNOS. The fraction of sp³-hybridized carbons (Fsp3) is 0.0833. The van der Waals surface area contributed by atoms with E-state index in [2.05, 4.69) is 37.2 Å². The lowest BCUT2D eigenvalue weighted by Crippen LogP contribution is -2.22. The van der Waals surface area contributed by atoms with Crippen LogP contribution in [0.5, 0.6) is 0 Å². The van der Waals surface area contributed by atoms with Crippen molar-refractivity contribution in [3.8, 4) is 0 Å². The summed E-state index contributed by atoms with van der Waals surface area (Å²) in [4.78, 5) is 13.1. The molecule has 94 valence electrons. The minimum absolute atomic E-state index is 0.145. The Balaban J connectivity index is 2.05. The highest BCUT2D eigenvalue weighted by Gasteiger charge is 2.10. The molecule has 1 heterocycles. The summed E-state index contributed by atoms with van der Waals surface area (Å²) in [6, 6.07) is 9.08. The number of nitrogens with one attached hydrogen (secondary N) is 1. The maximum absolute atomic E-state index is 12.0. The number of hydrogen-bond donors (Lipinski definition) is 1. The van der Waals surface area contributed by atoms with Crippen LogP contribution < -0.4 is 5.32 Å². The van der Waals surface area contributed by atoms with E-state index in [1.807, 2.05) is 12.1 Å². The number of halogens is 3. The van der Waals surface area contributed by atoms with Gasteiger partial charge < -0.3 is 5.32 Å². The standard InChI is InChI=1S/C12H8Br2ClNOS/c13-10-3-1-7(15)5-9(10)12(17)16-6-8-2-4-11(14)18-8/h1-5H,6H2,(H,16,17). The third-order valence-corrected chi connectivity index (χ3v) is 4.78. The molecule has 0 saturated heterocycles. The molecule has 2 nitrogen and oxygen atoms in total. The zero-order valence-corrected chi connectivity index (χ0v) is 13.8. The molecule has 0 saturated carbocycles. The number of carbonyl (C=O) groups is 1. The van der Waals surface area contributed by atoms with Crippen LogP contribution in [-0.2, 0) is 6.54 Å². The van der Waals surface area contributed by atoms with Gasteiger partial charge in [0.1, 0.15) is 0 Å². The first-order valence-corrected chi connectivity index (χ1v) is 7.82. The molecule has 1 aromatic heterocycles. The normalized spacial score (nSPS) is 10.4. The first kappa shape index (κ1) is 14.1. The van der Waals surface area contributed by atoms with E-state index in [1.54, 1.807) is 29.5 Å². The summed E-state index contributed by atoms with van der Waals surface area (Å²) >= 11 is 14.2. The SMILES string of the molecule is O=C(NCc1ccc(Br)s1)c1cc(Cl)ccc1Br. The first-order valence-electron chi connectivity index (χ1n) is 5.04. The van der Waals surface area contributed by atoms with E-state index in [4.69, 9.17) is 11.6 Å². The Morgan fingerprint density at radius 2 is 2.06 bits per heavy atom. The number of thiophene rings is 1. The topological polar surface area (TPSA) is 29.1 Å². The molecule has 0 unspecified atom stereocenters. The Bertz CT molecular complexity index is 585. The molecule has 0 radical (unpaired) electrons. The van der Waals surface area contributed by atoms with Gasteiger partial charge in [-0.25, -0.2) is 0 Å². The van der Waals surface area contributed by atoms with Crippen molar-refractivity contribution in [2.45, 2.75) is 6.54 Å². The highest BCUT2D eigenvalue weighted by atomic mass is 79.9. The van der Waals surface area contributed by atoms with E-state index >= 15 is 0 Å². The molecule has 2 rings (SSSR count). The van der Waals surface area contributed by atoms with Gasteiger partial charge in [-0.3, -0.25) is 4.79 Å². The Kier molecular flexibility index (Phi) is 4.84. The van der Waals surface area contributed by atoms with Crippen LogP contribution in [0.1, 0.15) is 15.2 Å². The van der Waals surface area contributed by atoms with Gasteiger partial charge in [-0.15, -0.1) is 11.3 Å². The van der Waals surface area contributed by atoms with Gasteiger partial charge in [-0.05, 0) is 62.2 Å². The lowest BCUT2D eigenvalue weighted by molar-refractivity contribution is 0.0950. The van der Waals surface area contributed by atoms with Gasteiger partial charge in [-0.1, -0.05) is 11.6 Å². The molecule has 0 bridgehead atoms. The molecular weight excluding hydrogens is 401 g/mol. The van der Waals surface area contributed by atoms with Gasteiger partial charge in [0.05, 0.1) is 15.9 Å². The number of hydrogen-bond acceptors (Lipinski definition) is 2. The summed E-state index contributed by atoms with van der Waals surface area (Å²) in [5.74, 6) is -0.145. The van der Waals surface area contributed by atoms with Crippen LogP contribution in [0.15, 0.2) is 38.6 Å². The van der Waals surface area contributed by atoms with Crippen LogP contribution in [0.25, 0.3) is 0 Å². The zero-order chi connectivity index (χ0) is 13.1. The van der Waals surface area contributed by atoms with Crippen molar-refractivity contribution in [2.24, 2.45) is 0 Å². The van der Waals surface area contributed by atoms with Crippen LogP contribution in [0, 0.1) is 0 Å². The van der Waals surface area contributed by atoms with Gasteiger partial charge >= 0.3 is 0 Å². The Hall–Kier alpha value is -0.360. The van der Waals surface area contributed by atoms with E-state index in [9.17, 15) is 4.79 Å². The molecule has 1 N–H and O–H groups in total. The quantitative estimate of drug-likeness (QED) is 0.771. The van der Waals surface area contributed by atoms with Gasteiger partial charge in [0, 0.05) is 14.4 Å². The van der Waals surface area contributed by atoms with Crippen LogP contribution in [0.3, 0.4) is 0 Å². The van der Waals surface area contributed by atoms with Crippen molar-refractivity contribution in [1.82, 2.24) is 5.32 Å². The first-order chi connectivity index (χ1) is 8.56. The fourth-order valence-corrected chi connectivity index (χ4v) is 3.40. The molecule has 6 heteroatoms. The number of amides is 1. The largest absolute Gasteiger partial charge is 0.347 e.